The molecule has 19 heavy (non-hydrogen) atoms. The summed E-state index contributed by atoms with van der Waals surface area (Å²) in [6, 6.07) is 3.16. The highest BCUT2D eigenvalue weighted by Crippen LogP contribution is 2.31. The third-order valence-corrected chi connectivity index (χ3v) is 1.82. The lowest BCUT2D eigenvalue weighted by molar-refractivity contribution is -0.131. The molecular weight excluding hydrogens is 272 g/mol. The molecule has 1 aromatic carbocycles. The van der Waals surface area contributed by atoms with E-state index >= 15 is 0 Å². The Labute approximate surface area is 104 Å². The molecule has 0 aliphatic carbocycles. The minimum absolute atomic E-state index is 0.180. The lowest BCUT2D eigenvalue weighted by Crippen LogP contribution is -2.07. The number of carboxylic acid groups (broad SMARTS) is 1. The summed E-state index contributed by atoms with van der Waals surface area (Å²) in [5.74, 6) is -2.42. The van der Waals surface area contributed by atoms with E-state index in [9.17, 15) is 22.4 Å². The molecule has 0 saturated heterocycles. The molecule has 1 rings (SSSR count). The van der Waals surface area contributed by atoms with E-state index in [0.717, 1.165) is 24.3 Å². The Balaban J connectivity index is 3.03. The van der Waals surface area contributed by atoms with Gasteiger partial charge in [0.05, 0.1) is 0 Å². The molecule has 0 radical (unpaired) electrons. The summed E-state index contributed by atoms with van der Waals surface area (Å²) in [6.45, 7) is -6.42. The van der Waals surface area contributed by atoms with Crippen molar-refractivity contribution in [2.45, 2.75) is 13.2 Å². The van der Waals surface area contributed by atoms with Crippen molar-refractivity contribution in [2.75, 3.05) is 0 Å². The van der Waals surface area contributed by atoms with Gasteiger partial charge in [-0.15, -0.1) is 0 Å². The summed E-state index contributed by atoms with van der Waals surface area (Å²) in [5, 5.41) is 8.40. The maximum atomic E-state index is 12.1. The summed E-state index contributed by atoms with van der Waals surface area (Å²) in [5.41, 5.74) is 0.180. The number of halogens is 4. The van der Waals surface area contributed by atoms with Crippen molar-refractivity contribution in [3.05, 3.63) is 29.8 Å². The molecule has 0 heterocycles. The molecule has 0 bridgehead atoms. The lowest BCUT2D eigenvalue weighted by atomic mass is 10.2. The van der Waals surface area contributed by atoms with Crippen molar-refractivity contribution in [3.63, 3.8) is 0 Å². The fraction of sp³-hybridized carbons (Fsp3) is 0.182. The van der Waals surface area contributed by atoms with Crippen LogP contribution in [0.25, 0.3) is 6.08 Å². The molecule has 104 valence electrons. The molecule has 0 amide bonds. The fourth-order valence-electron chi connectivity index (χ4n) is 1.18. The van der Waals surface area contributed by atoms with Gasteiger partial charge < -0.3 is 14.6 Å². The number of aliphatic carboxylic acids is 1. The first-order valence-corrected chi connectivity index (χ1v) is 4.83. The van der Waals surface area contributed by atoms with Crippen molar-refractivity contribution in [1.82, 2.24) is 0 Å². The average molecular weight is 280 g/mol. The average Bonchev–Trinajstić information content (AvgIpc) is 2.28. The third kappa shape index (κ3) is 5.28. The van der Waals surface area contributed by atoms with Gasteiger partial charge in [0.15, 0.2) is 11.5 Å². The van der Waals surface area contributed by atoms with Gasteiger partial charge >= 0.3 is 19.2 Å². The van der Waals surface area contributed by atoms with Crippen molar-refractivity contribution >= 4 is 12.0 Å². The minimum atomic E-state index is -3.22. The van der Waals surface area contributed by atoms with E-state index in [1.807, 2.05) is 0 Å². The predicted octanol–water partition coefficient (Wildman–Crippen LogP) is 2.99. The second-order valence-electron chi connectivity index (χ2n) is 3.13. The molecule has 0 fully saturated rings. The highest BCUT2D eigenvalue weighted by Gasteiger charge is 2.14. The summed E-state index contributed by atoms with van der Waals surface area (Å²) in [7, 11) is 0. The number of rotatable bonds is 6. The van der Waals surface area contributed by atoms with Gasteiger partial charge in [0.25, 0.3) is 0 Å². The van der Waals surface area contributed by atoms with Crippen LogP contribution in [-0.4, -0.2) is 24.3 Å². The van der Waals surface area contributed by atoms with Gasteiger partial charge in [0.2, 0.25) is 0 Å². The van der Waals surface area contributed by atoms with Crippen molar-refractivity contribution < 1.29 is 36.9 Å². The van der Waals surface area contributed by atoms with Crippen LogP contribution in [0.3, 0.4) is 0 Å². The number of benzene rings is 1. The Kier molecular flexibility index (Phi) is 5.16. The first-order valence-electron chi connectivity index (χ1n) is 4.83. The quantitative estimate of drug-likeness (QED) is 0.643. The molecule has 0 aromatic heterocycles. The highest BCUT2D eigenvalue weighted by atomic mass is 19.3. The molecule has 0 unspecified atom stereocenters. The summed E-state index contributed by atoms with van der Waals surface area (Å²) in [6.07, 6.45) is 1.85. The van der Waals surface area contributed by atoms with Crippen molar-refractivity contribution in [1.29, 1.82) is 0 Å². The molecule has 1 aromatic rings. The lowest BCUT2D eigenvalue weighted by Gasteiger charge is -2.12. The van der Waals surface area contributed by atoms with Gasteiger partial charge in [-0.3, -0.25) is 0 Å². The van der Waals surface area contributed by atoms with Gasteiger partial charge in [-0.1, -0.05) is 6.07 Å². The molecule has 4 nitrogen and oxygen atoms in total. The molecule has 0 atom stereocenters. The molecule has 0 aliphatic heterocycles. The third-order valence-electron chi connectivity index (χ3n) is 1.82. The number of hydrogen-bond acceptors (Lipinski definition) is 3. The van der Waals surface area contributed by atoms with Crippen LogP contribution < -0.4 is 9.47 Å². The van der Waals surface area contributed by atoms with Crippen LogP contribution in [0.5, 0.6) is 11.5 Å². The molecule has 0 saturated carbocycles. The summed E-state index contributed by atoms with van der Waals surface area (Å²) < 4.78 is 56.3. The second kappa shape index (κ2) is 6.62. The van der Waals surface area contributed by atoms with E-state index in [4.69, 9.17) is 5.11 Å². The first-order chi connectivity index (χ1) is 8.88. The summed E-state index contributed by atoms with van der Waals surface area (Å²) >= 11 is 0. The molecule has 0 aliphatic rings. The Morgan fingerprint density at radius 1 is 1.11 bits per heavy atom. The van der Waals surface area contributed by atoms with E-state index in [0.29, 0.717) is 0 Å². The zero-order valence-corrected chi connectivity index (χ0v) is 9.23. The Hall–Kier alpha value is -2.25. The predicted molar refractivity (Wildman–Crippen MR) is 56.4 cm³/mol. The van der Waals surface area contributed by atoms with Gasteiger partial charge in [-0.2, -0.15) is 17.6 Å². The molecule has 1 N–H and O–H groups in total. The van der Waals surface area contributed by atoms with Gasteiger partial charge in [0.1, 0.15) is 0 Å². The van der Waals surface area contributed by atoms with Crippen LogP contribution in [0.1, 0.15) is 5.56 Å². The van der Waals surface area contributed by atoms with Gasteiger partial charge in [0, 0.05) is 6.08 Å². The Morgan fingerprint density at radius 2 is 1.68 bits per heavy atom. The number of hydrogen-bond donors (Lipinski definition) is 1. The zero-order chi connectivity index (χ0) is 14.4. The van der Waals surface area contributed by atoms with Gasteiger partial charge in [-0.25, -0.2) is 4.79 Å². The first kappa shape index (κ1) is 14.8. The SMILES string of the molecule is O=C(O)/C=C/c1ccc(OC(F)F)c(OC(F)F)c1. The van der Waals surface area contributed by atoms with E-state index in [-0.39, 0.29) is 5.56 Å². The largest absolute Gasteiger partial charge is 0.478 e. The molecule has 0 spiro atoms. The van der Waals surface area contributed by atoms with E-state index in [1.54, 1.807) is 0 Å². The second-order valence-corrected chi connectivity index (χ2v) is 3.13. The van der Waals surface area contributed by atoms with Crippen molar-refractivity contribution in [3.8, 4) is 11.5 Å². The van der Waals surface area contributed by atoms with Crippen LogP contribution in [0, 0.1) is 0 Å². The normalized spacial score (nSPS) is 11.3. The molecule has 8 heteroatoms. The molecular formula is C11H8F4O4. The van der Waals surface area contributed by atoms with Crippen LogP contribution in [-0.2, 0) is 4.79 Å². The highest BCUT2D eigenvalue weighted by molar-refractivity contribution is 5.85. The van der Waals surface area contributed by atoms with E-state index in [1.165, 1.54) is 6.07 Å². The zero-order valence-electron chi connectivity index (χ0n) is 9.23. The smallest absolute Gasteiger partial charge is 0.387 e. The van der Waals surface area contributed by atoms with Crippen molar-refractivity contribution in [2.24, 2.45) is 0 Å². The maximum absolute atomic E-state index is 12.1. The number of carbonyl (C=O) groups is 1. The topological polar surface area (TPSA) is 55.8 Å². The van der Waals surface area contributed by atoms with Crippen LogP contribution in [0.4, 0.5) is 17.6 Å². The number of carboxylic acids is 1. The number of alkyl halides is 4. The van der Waals surface area contributed by atoms with Gasteiger partial charge in [-0.05, 0) is 23.8 Å². The Bertz CT molecular complexity index is 474. The maximum Gasteiger partial charge on any atom is 0.387 e. The van der Waals surface area contributed by atoms with Crippen LogP contribution in [0.15, 0.2) is 24.3 Å². The van der Waals surface area contributed by atoms with E-state index < -0.39 is 30.7 Å². The van der Waals surface area contributed by atoms with E-state index in [2.05, 4.69) is 9.47 Å². The number of ether oxygens (including phenoxy) is 2. The van der Waals surface area contributed by atoms with Crippen LogP contribution in [0.2, 0.25) is 0 Å². The monoisotopic (exact) mass is 280 g/mol. The Morgan fingerprint density at radius 3 is 2.21 bits per heavy atom. The van der Waals surface area contributed by atoms with Crippen LogP contribution >= 0.6 is 0 Å². The summed E-state index contributed by atoms with van der Waals surface area (Å²) in [4.78, 5) is 10.3. The fourth-order valence-corrected chi connectivity index (χ4v) is 1.18. The standard InChI is InChI=1S/C11H8F4O4/c12-10(13)18-7-3-1-6(2-4-9(16)17)5-8(7)19-11(14)15/h1-5,10-11H,(H,16,17)/b4-2+. The minimum Gasteiger partial charge on any atom is -0.478 e.